The SMILES string of the molecule is CC(C)C#CCNC(=O)COCCOC(COc1cccc(CNC(C)C)c1)N=[N+]=[N-]. The standard InChI is InChI=1S/C22H33N5O4/c1-17(2)7-6-10-24-21(28)15-29-11-12-30-22(26-27-23)16-31-20-9-5-8-19(13-20)14-25-18(3)4/h5,8-9,13,17-18,22,25H,10-12,14-16H2,1-4H3,(H,24,28). The molecule has 0 radical (unpaired) electrons. The van der Waals surface area contributed by atoms with Gasteiger partial charge in [-0.3, -0.25) is 4.79 Å². The normalized spacial score (nSPS) is 11.4. The summed E-state index contributed by atoms with van der Waals surface area (Å²) >= 11 is 0. The number of carbonyl (C=O) groups excluding carboxylic acids is 1. The number of hydrogen-bond acceptors (Lipinski definition) is 6. The van der Waals surface area contributed by atoms with Gasteiger partial charge in [0, 0.05) is 23.4 Å². The highest BCUT2D eigenvalue weighted by molar-refractivity contribution is 5.77. The van der Waals surface area contributed by atoms with Crippen LogP contribution in [-0.4, -0.2) is 51.1 Å². The quantitative estimate of drug-likeness (QED) is 0.154. The molecule has 170 valence electrons. The zero-order valence-corrected chi connectivity index (χ0v) is 18.8. The van der Waals surface area contributed by atoms with Gasteiger partial charge >= 0.3 is 0 Å². The Morgan fingerprint density at radius 2 is 2.06 bits per heavy atom. The fourth-order valence-electron chi connectivity index (χ4n) is 2.26. The number of ether oxygens (including phenoxy) is 3. The second-order valence-corrected chi connectivity index (χ2v) is 7.33. The Labute approximate surface area is 184 Å². The Bertz CT molecular complexity index is 767. The van der Waals surface area contributed by atoms with E-state index >= 15 is 0 Å². The third-order valence-electron chi connectivity index (χ3n) is 3.72. The number of rotatable bonds is 14. The predicted octanol–water partition coefficient (Wildman–Crippen LogP) is 3.01. The van der Waals surface area contributed by atoms with Crippen LogP contribution >= 0.6 is 0 Å². The molecule has 1 aromatic carbocycles. The molecule has 9 heteroatoms. The lowest BCUT2D eigenvalue weighted by atomic mass is 10.2. The van der Waals surface area contributed by atoms with Crippen LogP contribution in [0, 0.1) is 17.8 Å². The van der Waals surface area contributed by atoms with E-state index in [0.717, 1.165) is 12.1 Å². The Morgan fingerprint density at radius 1 is 1.26 bits per heavy atom. The summed E-state index contributed by atoms with van der Waals surface area (Å²) in [6, 6.07) is 8.06. The van der Waals surface area contributed by atoms with Crippen LogP contribution in [0.4, 0.5) is 0 Å². The van der Waals surface area contributed by atoms with Gasteiger partial charge in [-0.2, -0.15) is 0 Å². The fraction of sp³-hybridized carbons (Fsp3) is 0.591. The molecule has 1 rings (SSSR count). The number of nitrogens with zero attached hydrogens (tertiary/aromatic N) is 3. The molecule has 0 fully saturated rings. The first-order chi connectivity index (χ1) is 14.9. The molecule has 1 atom stereocenters. The van der Waals surface area contributed by atoms with Crippen molar-refractivity contribution in [2.24, 2.45) is 11.0 Å². The third-order valence-corrected chi connectivity index (χ3v) is 3.72. The molecule has 0 aromatic heterocycles. The van der Waals surface area contributed by atoms with Crippen LogP contribution in [-0.2, 0) is 20.8 Å². The molecule has 31 heavy (non-hydrogen) atoms. The fourth-order valence-corrected chi connectivity index (χ4v) is 2.26. The minimum Gasteiger partial charge on any atom is -0.491 e. The molecule has 0 aliphatic heterocycles. The van der Waals surface area contributed by atoms with Crippen molar-refractivity contribution >= 4 is 5.91 Å². The summed E-state index contributed by atoms with van der Waals surface area (Å²) in [5, 5.41) is 9.58. The average molecular weight is 432 g/mol. The summed E-state index contributed by atoms with van der Waals surface area (Å²) in [5.41, 5.74) is 9.82. The molecule has 0 saturated carbocycles. The number of nitrogens with one attached hydrogen (secondary N) is 2. The maximum Gasteiger partial charge on any atom is 0.246 e. The van der Waals surface area contributed by atoms with Gasteiger partial charge in [0.15, 0.2) is 6.23 Å². The van der Waals surface area contributed by atoms with Crippen LogP contribution in [0.5, 0.6) is 5.75 Å². The number of benzene rings is 1. The highest BCUT2D eigenvalue weighted by atomic mass is 16.6. The Balaban J connectivity index is 2.29. The first kappa shape index (κ1) is 26.3. The van der Waals surface area contributed by atoms with Crippen molar-refractivity contribution in [3.8, 4) is 17.6 Å². The minimum absolute atomic E-state index is 0.0696. The van der Waals surface area contributed by atoms with Crippen molar-refractivity contribution < 1.29 is 19.0 Å². The van der Waals surface area contributed by atoms with Crippen molar-refractivity contribution in [2.45, 2.75) is 46.5 Å². The Kier molecular flexibility index (Phi) is 13.6. The van der Waals surface area contributed by atoms with Crippen LogP contribution in [0.1, 0.15) is 33.3 Å². The van der Waals surface area contributed by atoms with Gasteiger partial charge in [0.25, 0.3) is 0 Å². The first-order valence-electron chi connectivity index (χ1n) is 10.3. The monoisotopic (exact) mass is 431 g/mol. The van der Waals surface area contributed by atoms with Gasteiger partial charge < -0.3 is 24.8 Å². The molecule has 1 unspecified atom stereocenters. The molecule has 0 aliphatic carbocycles. The summed E-state index contributed by atoms with van der Waals surface area (Å²) in [5.74, 6) is 6.50. The third kappa shape index (κ3) is 14.0. The van der Waals surface area contributed by atoms with Gasteiger partial charge in [-0.1, -0.05) is 56.8 Å². The molecule has 0 aliphatic rings. The highest BCUT2D eigenvalue weighted by Crippen LogP contribution is 2.14. The molecule has 2 N–H and O–H groups in total. The van der Waals surface area contributed by atoms with Crippen molar-refractivity contribution in [1.29, 1.82) is 0 Å². The van der Waals surface area contributed by atoms with E-state index in [4.69, 9.17) is 19.7 Å². The van der Waals surface area contributed by atoms with E-state index in [0.29, 0.717) is 18.3 Å². The van der Waals surface area contributed by atoms with Gasteiger partial charge in [0.05, 0.1) is 19.8 Å². The summed E-state index contributed by atoms with van der Waals surface area (Å²) < 4.78 is 16.4. The van der Waals surface area contributed by atoms with E-state index in [1.54, 1.807) is 0 Å². The molecule has 1 amide bonds. The first-order valence-corrected chi connectivity index (χ1v) is 10.3. The van der Waals surface area contributed by atoms with E-state index < -0.39 is 6.23 Å². The van der Waals surface area contributed by atoms with Crippen LogP contribution < -0.4 is 15.4 Å². The molecule has 9 nitrogen and oxygen atoms in total. The largest absolute Gasteiger partial charge is 0.491 e. The summed E-state index contributed by atoms with van der Waals surface area (Å²) in [6.45, 7) is 9.48. The molecule has 0 heterocycles. The maximum absolute atomic E-state index is 11.6. The van der Waals surface area contributed by atoms with Crippen LogP contribution in [0.25, 0.3) is 10.4 Å². The van der Waals surface area contributed by atoms with Gasteiger partial charge in [-0.25, -0.2) is 0 Å². The lowest BCUT2D eigenvalue weighted by Gasteiger charge is -2.15. The summed E-state index contributed by atoms with van der Waals surface area (Å²) in [7, 11) is 0. The van der Waals surface area contributed by atoms with Crippen molar-refractivity contribution in [3.05, 3.63) is 40.3 Å². The number of amides is 1. The second-order valence-electron chi connectivity index (χ2n) is 7.33. The van der Waals surface area contributed by atoms with Gasteiger partial charge in [-0.15, -0.1) is 0 Å². The predicted molar refractivity (Wildman–Crippen MR) is 119 cm³/mol. The maximum atomic E-state index is 11.6. The minimum atomic E-state index is -0.800. The van der Waals surface area contributed by atoms with Gasteiger partial charge in [0.2, 0.25) is 5.91 Å². The zero-order chi connectivity index (χ0) is 22.9. The number of carbonyl (C=O) groups is 1. The summed E-state index contributed by atoms with van der Waals surface area (Å²) in [4.78, 5) is 14.4. The lowest BCUT2D eigenvalue weighted by molar-refractivity contribution is -0.126. The van der Waals surface area contributed by atoms with E-state index in [2.05, 4.69) is 46.3 Å². The molecule has 1 aromatic rings. The second kappa shape index (κ2) is 16.0. The van der Waals surface area contributed by atoms with E-state index in [-0.39, 0.29) is 38.3 Å². The number of hydrogen-bond donors (Lipinski definition) is 2. The molecular formula is C22H33N5O4. The van der Waals surface area contributed by atoms with E-state index in [1.807, 2.05) is 38.1 Å². The van der Waals surface area contributed by atoms with Crippen LogP contribution in [0.3, 0.4) is 0 Å². The van der Waals surface area contributed by atoms with Crippen molar-refractivity contribution in [3.63, 3.8) is 0 Å². The van der Waals surface area contributed by atoms with E-state index in [1.165, 1.54) is 0 Å². The summed E-state index contributed by atoms with van der Waals surface area (Å²) in [6.07, 6.45) is -0.800. The molecule has 0 spiro atoms. The van der Waals surface area contributed by atoms with Crippen molar-refractivity contribution in [1.82, 2.24) is 10.6 Å². The number of azide groups is 1. The van der Waals surface area contributed by atoms with E-state index in [9.17, 15) is 4.79 Å². The highest BCUT2D eigenvalue weighted by Gasteiger charge is 2.09. The van der Waals surface area contributed by atoms with Crippen molar-refractivity contribution in [2.75, 3.05) is 33.0 Å². The lowest BCUT2D eigenvalue weighted by Crippen LogP contribution is -2.29. The van der Waals surface area contributed by atoms with Crippen LogP contribution in [0.15, 0.2) is 29.4 Å². The molecular weight excluding hydrogens is 398 g/mol. The van der Waals surface area contributed by atoms with Crippen LogP contribution in [0.2, 0.25) is 0 Å². The van der Waals surface area contributed by atoms with Gasteiger partial charge in [0.1, 0.15) is 19.0 Å². The topological polar surface area (TPSA) is 118 Å². The molecule has 0 bridgehead atoms. The molecule has 0 saturated heterocycles. The Hall–Kier alpha value is -2.76. The Morgan fingerprint density at radius 3 is 2.77 bits per heavy atom. The zero-order valence-electron chi connectivity index (χ0n) is 18.8. The smallest absolute Gasteiger partial charge is 0.246 e. The van der Waals surface area contributed by atoms with Gasteiger partial charge in [-0.05, 0) is 23.2 Å². The average Bonchev–Trinajstić information content (AvgIpc) is 2.73.